The molecular weight excluding hydrogens is 390 g/mol. The van der Waals surface area contributed by atoms with E-state index in [0.29, 0.717) is 0 Å². The van der Waals surface area contributed by atoms with Gasteiger partial charge in [-0.3, -0.25) is 4.79 Å². The van der Waals surface area contributed by atoms with Gasteiger partial charge >= 0.3 is 0 Å². The minimum absolute atomic E-state index is 0.176. The molecule has 1 unspecified atom stereocenters. The summed E-state index contributed by atoms with van der Waals surface area (Å²) in [4.78, 5) is 13.3. The number of rotatable bonds is 5. The lowest BCUT2D eigenvalue weighted by Crippen LogP contribution is -3.08. The topological polar surface area (TPSA) is 33.5 Å². The van der Waals surface area contributed by atoms with Gasteiger partial charge in [-0.2, -0.15) is 0 Å². The molecule has 0 aliphatic heterocycles. The first kappa shape index (κ1) is 19.4. The van der Waals surface area contributed by atoms with Crippen molar-refractivity contribution in [2.75, 3.05) is 18.9 Å². The molecule has 24 heavy (non-hydrogen) atoms. The van der Waals surface area contributed by atoms with Gasteiger partial charge in [0.2, 0.25) is 0 Å². The van der Waals surface area contributed by atoms with Gasteiger partial charge in [0.1, 0.15) is 6.54 Å². The summed E-state index contributed by atoms with van der Waals surface area (Å²) in [6, 6.07) is 9.66. The number of anilines is 1. The van der Waals surface area contributed by atoms with E-state index in [1.54, 1.807) is 0 Å². The first-order valence-corrected chi connectivity index (χ1v) is 8.78. The highest BCUT2D eigenvalue weighted by molar-refractivity contribution is 6.50. The number of hydrogen-bond acceptors (Lipinski definition) is 1. The van der Waals surface area contributed by atoms with Crippen LogP contribution in [0.3, 0.4) is 0 Å². The van der Waals surface area contributed by atoms with Gasteiger partial charge in [0.15, 0.2) is 6.54 Å². The first-order valence-electron chi connectivity index (χ1n) is 7.27. The fourth-order valence-corrected chi connectivity index (χ4v) is 3.16. The second-order valence-electron chi connectivity index (χ2n) is 5.69. The molecule has 0 spiro atoms. The highest BCUT2D eigenvalue weighted by Gasteiger charge is 2.18. The molecule has 0 aliphatic rings. The first-order chi connectivity index (χ1) is 11.3. The summed E-state index contributed by atoms with van der Waals surface area (Å²) in [7, 11) is 1.94. The Hall–Kier alpha value is -0.970. The molecule has 2 N–H and O–H groups in total. The molecule has 2 aromatic carbocycles. The number of benzene rings is 2. The third kappa shape index (κ3) is 5.01. The quantitative estimate of drug-likeness (QED) is 0.714. The van der Waals surface area contributed by atoms with Crippen LogP contribution in [-0.4, -0.2) is 19.5 Å². The van der Waals surface area contributed by atoms with Crippen molar-refractivity contribution in [2.24, 2.45) is 0 Å². The SMILES string of the molecule is Cc1ccc(C[NH+](C)CC(=O)Nc2c(Cl)c(Cl)cc(Cl)c2Cl)cc1. The van der Waals surface area contributed by atoms with Crippen LogP contribution in [0.2, 0.25) is 20.1 Å². The lowest BCUT2D eigenvalue weighted by molar-refractivity contribution is -0.885. The van der Waals surface area contributed by atoms with E-state index in [0.717, 1.165) is 17.0 Å². The Labute approximate surface area is 161 Å². The number of nitrogens with one attached hydrogen (secondary N) is 2. The maximum atomic E-state index is 12.3. The monoisotopic (exact) mass is 405 g/mol. The summed E-state index contributed by atoms with van der Waals surface area (Å²) < 4.78 is 0. The zero-order valence-electron chi connectivity index (χ0n) is 13.2. The van der Waals surface area contributed by atoms with Crippen LogP contribution < -0.4 is 10.2 Å². The molecule has 128 valence electrons. The molecule has 0 heterocycles. The zero-order valence-corrected chi connectivity index (χ0v) is 16.2. The minimum atomic E-state index is -0.221. The predicted octanol–water partition coefficient (Wildman–Crippen LogP) is 4.26. The summed E-state index contributed by atoms with van der Waals surface area (Å²) in [5.41, 5.74) is 2.60. The Balaban J connectivity index is 2.02. The molecule has 0 saturated carbocycles. The summed E-state index contributed by atoms with van der Waals surface area (Å²) in [5.74, 6) is -0.221. The van der Waals surface area contributed by atoms with E-state index in [9.17, 15) is 4.79 Å². The molecule has 1 amide bonds. The van der Waals surface area contributed by atoms with E-state index >= 15 is 0 Å². The van der Waals surface area contributed by atoms with Gasteiger partial charge in [0.05, 0.1) is 32.8 Å². The van der Waals surface area contributed by atoms with E-state index < -0.39 is 0 Å². The molecule has 0 radical (unpaired) electrons. The van der Waals surface area contributed by atoms with Gasteiger partial charge in [-0.1, -0.05) is 76.2 Å². The van der Waals surface area contributed by atoms with Crippen LogP contribution in [0, 0.1) is 6.92 Å². The molecule has 1 atom stereocenters. The Bertz CT molecular complexity index is 721. The van der Waals surface area contributed by atoms with E-state index in [-0.39, 0.29) is 38.2 Å². The average molecular weight is 407 g/mol. The minimum Gasteiger partial charge on any atom is -0.326 e. The van der Waals surface area contributed by atoms with Crippen molar-refractivity contribution < 1.29 is 9.69 Å². The summed E-state index contributed by atoms with van der Waals surface area (Å²) in [5, 5.41) is 3.52. The number of aryl methyl sites for hydroxylation is 1. The smallest absolute Gasteiger partial charge is 0.279 e. The number of halogens is 4. The summed E-state index contributed by atoms with van der Waals surface area (Å²) in [6.07, 6.45) is 0. The maximum absolute atomic E-state index is 12.3. The van der Waals surface area contributed by atoms with Gasteiger partial charge in [0.25, 0.3) is 5.91 Å². The van der Waals surface area contributed by atoms with Gasteiger partial charge in [-0.15, -0.1) is 0 Å². The molecule has 0 saturated heterocycles. The fraction of sp³-hybridized carbons (Fsp3) is 0.235. The van der Waals surface area contributed by atoms with E-state index in [2.05, 4.69) is 29.6 Å². The largest absolute Gasteiger partial charge is 0.326 e. The van der Waals surface area contributed by atoms with E-state index in [1.165, 1.54) is 11.6 Å². The van der Waals surface area contributed by atoms with Crippen LogP contribution in [0.5, 0.6) is 0 Å². The second-order valence-corrected chi connectivity index (χ2v) is 7.26. The second kappa shape index (κ2) is 8.41. The molecule has 0 fully saturated rings. The van der Waals surface area contributed by atoms with Crippen molar-refractivity contribution in [2.45, 2.75) is 13.5 Å². The third-order valence-corrected chi connectivity index (χ3v) is 5.04. The van der Waals surface area contributed by atoms with Crippen molar-refractivity contribution in [3.8, 4) is 0 Å². The zero-order chi connectivity index (χ0) is 17.9. The van der Waals surface area contributed by atoms with E-state index in [4.69, 9.17) is 46.4 Å². The number of likely N-dealkylation sites (N-methyl/N-ethyl adjacent to an activating group) is 1. The summed E-state index contributed by atoms with van der Waals surface area (Å²) >= 11 is 24.1. The Morgan fingerprint density at radius 2 is 1.58 bits per heavy atom. The van der Waals surface area contributed by atoms with Crippen LogP contribution in [0.4, 0.5) is 5.69 Å². The van der Waals surface area contributed by atoms with Crippen LogP contribution in [0.15, 0.2) is 30.3 Å². The van der Waals surface area contributed by atoms with Crippen molar-refractivity contribution in [1.29, 1.82) is 0 Å². The molecule has 2 aromatic rings. The molecule has 0 aromatic heterocycles. The Morgan fingerprint density at radius 1 is 1.04 bits per heavy atom. The molecule has 2 rings (SSSR count). The van der Waals surface area contributed by atoms with Gasteiger partial charge in [-0.05, 0) is 13.0 Å². The molecule has 0 aliphatic carbocycles. The van der Waals surface area contributed by atoms with Gasteiger partial charge in [0, 0.05) is 5.56 Å². The van der Waals surface area contributed by atoms with Crippen LogP contribution in [-0.2, 0) is 11.3 Å². The lowest BCUT2D eigenvalue weighted by atomic mass is 10.1. The highest BCUT2D eigenvalue weighted by atomic mass is 35.5. The predicted molar refractivity (Wildman–Crippen MR) is 102 cm³/mol. The van der Waals surface area contributed by atoms with Crippen molar-refractivity contribution >= 4 is 58.0 Å². The van der Waals surface area contributed by atoms with Crippen LogP contribution in [0.25, 0.3) is 0 Å². The number of quaternary nitrogens is 1. The molecular formula is C17H17Cl4N2O+. The van der Waals surface area contributed by atoms with E-state index in [1.807, 2.05) is 14.0 Å². The van der Waals surface area contributed by atoms with Crippen molar-refractivity contribution in [1.82, 2.24) is 0 Å². The normalized spacial score (nSPS) is 12.1. The number of hydrogen-bond donors (Lipinski definition) is 2. The van der Waals surface area contributed by atoms with Gasteiger partial charge < -0.3 is 10.2 Å². The highest BCUT2D eigenvalue weighted by Crippen LogP contribution is 2.40. The van der Waals surface area contributed by atoms with Crippen molar-refractivity contribution in [3.05, 3.63) is 61.5 Å². The number of carbonyl (C=O) groups excluding carboxylic acids is 1. The summed E-state index contributed by atoms with van der Waals surface area (Å²) in [6.45, 7) is 3.02. The molecule has 3 nitrogen and oxygen atoms in total. The fourth-order valence-electron chi connectivity index (χ4n) is 2.26. The third-order valence-electron chi connectivity index (χ3n) is 3.47. The lowest BCUT2D eigenvalue weighted by Gasteiger charge is -2.16. The maximum Gasteiger partial charge on any atom is 0.279 e. The number of amides is 1. The van der Waals surface area contributed by atoms with Crippen LogP contribution >= 0.6 is 46.4 Å². The molecule has 0 bridgehead atoms. The van der Waals surface area contributed by atoms with Gasteiger partial charge in [-0.25, -0.2) is 0 Å². The Kier molecular flexibility index (Phi) is 6.79. The Morgan fingerprint density at radius 3 is 2.12 bits per heavy atom. The standard InChI is InChI=1S/C17H16Cl4N2O/c1-10-3-5-11(6-4-10)8-23(2)9-14(24)22-17-15(20)12(18)7-13(19)16(17)21/h3-7H,8-9H2,1-2H3,(H,22,24)/p+1. The van der Waals surface area contributed by atoms with Crippen LogP contribution in [0.1, 0.15) is 11.1 Å². The number of carbonyl (C=O) groups is 1. The van der Waals surface area contributed by atoms with Crippen molar-refractivity contribution in [3.63, 3.8) is 0 Å². The average Bonchev–Trinajstić information content (AvgIpc) is 2.52. The molecule has 7 heteroatoms.